The van der Waals surface area contributed by atoms with Gasteiger partial charge in [-0.3, -0.25) is 9.48 Å². The molecule has 0 aliphatic rings. The van der Waals surface area contributed by atoms with E-state index in [0.29, 0.717) is 17.1 Å². The van der Waals surface area contributed by atoms with Crippen molar-refractivity contribution < 1.29 is 4.79 Å². The number of nitrogens with one attached hydrogen (secondary N) is 1. The first-order valence-corrected chi connectivity index (χ1v) is 5.29. The lowest BCUT2D eigenvalue weighted by Gasteiger charge is -2.04. The number of anilines is 1. The normalized spacial score (nSPS) is 9.50. The molecular weight excluding hydrogens is 200 g/mol. The minimum absolute atomic E-state index is 0.127. The van der Waals surface area contributed by atoms with Gasteiger partial charge in [-0.2, -0.15) is 22.1 Å². The first-order valence-electron chi connectivity index (χ1n) is 3.90. The zero-order valence-electron chi connectivity index (χ0n) is 7.94. The van der Waals surface area contributed by atoms with Gasteiger partial charge in [0, 0.05) is 7.05 Å². The third kappa shape index (κ3) is 2.26. The van der Waals surface area contributed by atoms with E-state index in [9.17, 15) is 4.79 Å². The predicted molar refractivity (Wildman–Crippen MR) is 54.9 cm³/mol. The van der Waals surface area contributed by atoms with E-state index in [1.165, 1.54) is 22.6 Å². The summed E-state index contributed by atoms with van der Waals surface area (Å²) in [5.74, 6) is 0.694. The van der Waals surface area contributed by atoms with Crippen LogP contribution in [-0.2, 0) is 11.8 Å². The maximum Gasteiger partial charge on any atom is 0.235 e. The van der Waals surface area contributed by atoms with E-state index in [1.54, 1.807) is 7.05 Å². The van der Waals surface area contributed by atoms with Gasteiger partial charge < -0.3 is 5.32 Å². The molecule has 74 valence electrons. The standard InChI is InChI=1S/C8H10N4OS/c1-12-8(6(3-9)4-10-12)11-7(13)5-14-2/h4H,5H2,1-2H3,(H,11,13). The molecule has 0 saturated heterocycles. The van der Waals surface area contributed by atoms with Crippen molar-refractivity contribution in [3.05, 3.63) is 11.8 Å². The van der Waals surface area contributed by atoms with E-state index in [2.05, 4.69) is 10.4 Å². The Kier molecular flexibility index (Phi) is 3.54. The molecule has 1 aromatic rings. The topological polar surface area (TPSA) is 70.7 Å². The highest BCUT2D eigenvalue weighted by Gasteiger charge is 2.10. The number of rotatable bonds is 3. The van der Waals surface area contributed by atoms with Gasteiger partial charge in [0.2, 0.25) is 5.91 Å². The summed E-state index contributed by atoms with van der Waals surface area (Å²) in [6.07, 6.45) is 3.27. The van der Waals surface area contributed by atoms with Crippen molar-refractivity contribution in [1.82, 2.24) is 9.78 Å². The number of amides is 1. The first kappa shape index (κ1) is 10.6. The molecule has 0 bridgehead atoms. The molecule has 14 heavy (non-hydrogen) atoms. The van der Waals surface area contributed by atoms with Crippen LogP contribution in [0.2, 0.25) is 0 Å². The van der Waals surface area contributed by atoms with Crippen molar-refractivity contribution >= 4 is 23.5 Å². The van der Waals surface area contributed by atoms with Gasteiger partial charge in [0.25, 0.3) is 0 Å². The summed E-state index contributed by atoms with van der Waals surface area (Å²) in [5, 5.41) is 15.2. The number of aromatic nitrogens is 2. The van der Waals surface area contributed by atoms with Crippen molar-refractivity contribution in [3.8, 4) is 6.07 Å². The van der Waals surface area contributed by atoms with E-state index in [-0.39, 0.29) is 5.91 Å². The molecule has 0 aliphatic carbocycles. The second-order valence-corrected chi connectivity index (χ2v) is 3.49. The van der Waals surface area contributed by atoms with Gasteiger partial charge in [0.05, 0.1) is 11.9 Å². The molecule has 0 fully saturated rings. The van der Waals surface area contributed by atoms with Gasteiger partial charge in [-0.15, -0.1) is 0 Å². The molecule has 6 heteroatoms. The predicted octanol–water partition coefficient (Wildman–Crippen LogP) is 0.593. The summed E-state index contributed by atoms with van der Waals surface area (Å²) in [4.78, 5) is 11.2. The molecule has 0 saturated carbocycles. The molecule has 0 aromatic carbocycles. The van der Waals surface area contributed by atoms with Gasteiger partial charge in [-0.05, 0) is 6.26 Å². The average Bonchev–Trinajstić information content (AvgIpc) is 2.48. The molecule has 1 amide bonds. The average molecular weight is 210 g/mol. The molecule has 1 heterocycles. The van der Waals surface area contributed by atoms with Crippen molar-refractivity contribution in [3.63, 3.8) is 0 Å². The SMILES string of the molecule is CSCC(=O)Nc1c(C#N)cnn1C. The molecule has 1 rings (SSSR count). The fraction of sp³-hybridized carbons (Fsp3) is 0.375. The third-order valence-corrected chi connectivity index (χ3v) is 2.14. The van der Waals surface area contributed by atoms with Crippen molar-refractivity contribution in [1.29, 1.82) is 5.26 Å². The lowest BCUT2D eigenvalue weighted by molar-refractivity contribution is -0.113. The highest BCUT2D eigenvalue weighted by molar-refractivity contribution is 7.99. The number of carbonyl (C=O) groups is 1. The quantitative estimate of drug-likeness (QED) is 0.792. The van der Waals surface area contributed by atoms with Crippen LogP contribution in [0.3, 0.4) is 0 Å². The summed E-state index contributed by atoms with van der Waals surface area (Å²) in [6.45, 7) is 0. The highest BCUT2D eigenvalue weighted by atomic mass is 32.2. The maximum atomic E-state index is 11.2. The Morgan fingerprint density at radius 1 is 1.86 bits per heavy atom. The van der Waals surface area contributed by atoms with Crippen LogP contribution in [0.25, 0.3) is 0 Å². The summed E-state index contributed by atoms with van der Waals surface area (Å²) in [7, 11) is 1.68. The molecular formula is C8H10N4OS. The molecule has 5 nitrogen and oxygen atoms in total. The lowest BCUT2D eigenvalue weighted by atomic mass is 10.3. The van der Waals surface area contributed by atoms with Gasteiger partial charge in [0.15, 0.2) is 0 Å². The highest BCUT2D eigenvalue weighted by Crippen LogP contribution is 2.12. The minimum atomic E-state index is -0.127. The molecule has 0 spiro atoms. The van der Waals surface area contributed by atoms with E-state index in [1.807, 2.05) is 12.3 Å². The lowest BCUT2D eigenvalue weighted by Crippen LogP contribution is -2.17. The Labute approximate surface area is 86.1 Å². The zero-order valence-corrected chi connectivity index (χ0v) is 8.76. The third-order valence-electron chi connectivity index (χ3n) is 1.59. The number of hydrogen-bond donors (Lipinski definition) is 1. The van der Waals surface area contributed by atoms with Crippen LogP contribution in [-0.4, -0.2) is 27.7 Å². The molecule has 0 aliphatic heterocycles. The van der Waals surface area contributed by atoms with Gasteiger partial charge >= 0.3 is 0 Å². The zero-order chi connectivity index (χ0) is 10.6. The number of thioether (sulfide) groups is 1. The number of aryl methyl sites for hydroxylation is 1. The van der Waals surface area contributed by atoms with Crippen LogP contribution in [0.5, 0.6) is 0 Å². The fourth-order valence-corrected chi connectivity index (χ4v) is 1.30. The van der Waals surface area contributed by atoms with E-state index in [0.717, 1.165) is 0 Å². The summed E-state index contributed by atoms with van der Waals surface area (Å²) in [5.41, 5.74) is 0.377. The van der Waals surface area contributed by atoms with Crippen LogP contribution >= 0.6 is 11.8 Å². The Morgan fingerprint density at radius 2 is 2.57 bits per heavy atom. The number of nitriles is 1. The van der Waals surface area contributed by atoms with Crippen molar-refractivity contribution in [2.45, 2.75) is 0 Å². The Morgan fingerprint density at radius 3 is 3.14 bits per heavy atom. The van der Waals surface area contributed by atoms with Crippen LogP contribution < -0.4 is 5.32 Å². The largest absolute Gasteiger partial charge is 0.309 e. The van der Waals surface area contributed by atoms with E-state index in [4.69, 9.17) is 5.26 Å². The van der Waals surface area contributed by atoms with Gasteiger partial charge in [-0.1, -0.05) is 0 Å². The van der Waals surface area contributed by atoms with Crippen LogP contribution in [0.15, 0.2) is 6.20 Å². The number of hydrogen-bond acceptors (Lipinski definition) is 4. The van der Waals surface area contributed by atoms with Gasteiger partial charge in [0.1, 0.15) is 17.5 Å². The fourth-order valence-electron chi connectivity index (χ4n) is 0.967. The van der Waals surface area contributed by atoms with E-state index >= 15 is 0 Å². The second-order valence-electron chi connectivity index (χ2n) is 2.62. The van der Waals surface area contributed by atoms with E-state index < -0.39 is 0 Å². The Hall–Kier alpha value is -1.48. The summed E-state index contributed by atoms with van der Waals surface area (Å²) in [6, 6.07) is 1.96. The first-order chi connectivity index (χ1) is 6.69. The maximum absolute atomic E-state index is 11.2. The van der Waals surface area contributed by atoms with Crippen molar-refractivity contribution in [2.75, 3.05) is 17.3 Å². The molecule has 0 atom stereocenters. The number of carbonyl (C=O) groups excluding carboxylic acids is 1. The van der Waals surface area contributed by atoms with Gasteiger partial charge in [-0.25, -0.2) is 0 Å². The van der Waals surface area contributed by atoms with Crippen LogP contribution in [0.4, 0.5) is 5.82 Å². The second kappa shape index (κ2) is 4.67. The molecule has 1 aromatic heterocycles. The smallest absolute Gasteiger partial charge is 0.235 e. The van der Waals surface area contributed by atoms with Crippen LogP contribution in [0, 0.1) is 11.3 Å². The van der Waals surface area contributed by atoms with Crippen LogP contribution in [0.1, 0.15) is 5.56 Å². The van der Waals surface area contributed by atoms with Crippen molar-refractivity contribution in [2.24, 2.45) is 7.05 Å². The molecule has 0 radical (unpaired) electrons. The molecule has 0 unspecified atom stereocenters. The molecule has 1 N–H and O–H groups in total. The Balaban J connectivity index is 2.80. The monoisotopic (exact) mass is 210 g/mol. The number of nitrogens with zero attached hydrogens (tertiary/aromatic N) is 3. The summed E-state index contributed by atoms with van der Waals surface area (Å²) < 4.78 is 1.47. The minimum Gasteiger partial charge on any atom is -0.309 e. The Bertz CT molecular complexity index is 379. The summed E-state index contributed by atoms with van der Waals surface area (Å²) >= 11 is 1.43.